The predicted octanol–water partition coefficient (Wildman–Crippen LogP) is 1.27. The first-order chi connectivity index (χ1) is 7.34. The molecule has 1 unspecified atom stereocenters. The second kappa shape index (κ2) is 5.24. The van der Waals surface area contributed by atoms with E-state index in [1.165, 1.54) is 24.9 Å². The van der Waals surface area contributed by atoms with Crippen molar-refractivity contribution in [3.63, 3.8) is 0 Å². The molecule has 2 rings (SSSR count). The first-order valence-electron chi connectivity index (χ1n) is 5.65. The summed E-state index contributed by atoms with van der Waals surface area (Å²) in [6.07, 6.45) is 6.41. The van der Waals surface area contributed by atoms with Crippen LogP contribution < -0.4 is 5.32 Å². The van der Waals surface area contributed by atoms with Gasteiger partial charge in [0.25, 0.3) is 0 Å². The summed E-state index contributed by atoms with van der Waals surface area (Å²) in [5, 5.41) is 3.52. The Kier molecular flexibility index (Phi) is 3.69. The molecule has 0 amide bonds. The molecule has 0 saturated carbocycles. The normalized spacial score (nSPS) is 21.1. The minimum absolute atomic E-state index is 0.687. The van der Waals surface area contributed by atoms with Crippen LogP contribution in [0.1, 0.15) is 18.4 Å². The number of aromatic nitrogens is 1. The predicted molar refractivity (Wildman–Crippen MR) is 61.6 cm³/mol. The number of hydrogen-bond acceptors (Lipinski definition) is 3. The van der Waals surface area contributed by atoms with Crippen LogP contribution in [-0.4, -0.2) is 36.1 Å². The van der Waals surface area contributed by atoms with Crippen LogP contribution in [0.4, 0.5) is 0 Å². The number of nitrogens with zero attached hydrogens (tertiary/aromatic N) is 2. The van der Waals surface area contributed by atoms with Crippen molar-refractivity contribution in [2.75, 3.05) is 20.1 Å². The van der Waals surface area contributed by atoms with Crippen molar-refractivity contribution < 1.29 is 0 Å². The molecule has 3 heteroatoms. The van der Waals surface area contributed by atoms with Gasteiger partial charge in [0.05, 0.1) is 0 Å². The Morgan fingerprint density at radius 3 is 3.20 bits per heavy atom. The molecule has 1 aliphatic rings. The zero-order chi connectivity index (χ0) is 10.5. The fraction of sp³-hybridized carbons (Fsp3) is 0.583. The maximum absolute atomic E-state index is 4.13. The van der Waals surface area contributed by atoms with E-state index in [0.29, 0.717) is 6.04 Å². The van der Waals surface area contributed by atoms with Crippen molar-refractivity contribution in [1.29, 1.82) is 0 Å². The van der Waals surface area contributed by atoms with Crippen molar-refractivity contribution >= 4 is 0 Å². The quantitative estimate of drug-likeness (QED) is 0.802. The van der Waals surface area contributed by atoms with Crippen LogP contribution in [0.5, 0.6) is 0 Å². The molecule has 1 atom stereocenters. The number of pyridine rings is 1. The lowest BCUT2D eigenvalue weighted by atomic mass is 10.2. The van der Waals surface area contributed by atoms with Gasteiger partial charge in [-0.2, -0.15) is 0 Å². The van der Waals surface area contributed by atoms with Crippen LogP contribution in [-0.2, 0) is 6.54 Å². The molecule has 82 valence electrons. The Morgan fingerprint density at radius 2 is 2.53 bits per heavy atom. The average molecular weight is 205 g/mol. The van der Waals surface area contributed by atoms with Crippen LogP contribution in [0.25, 0.3) is 0 Å². The highest BCUT2D eigenvalue weighted by Gasteiger charge is 2.15. The van der Waals surface area contributed by atoms with Gasteiger partial charge in [0.1, 0.15) is 0 Å². The summed E-state index contributed by atoms with van der Waals surface area (Å²) in [4.78, 5) is 6.49. The van der Waals surface area contributed by atoms with Gasteiger partial charge < -0.3 is 10.2 Å². The summed E-state index contributed by atoms with van der Waals surface area (Å²) >= 11 is 0. The lowest BCUT2D eigenvalue weighted by molar-refractivity contribution is 0.293. The van der Waals surface area contributed by atoms with Gasteiger partial charge in [-0.3, -0.25) is 4.98 Å². The minimum Gasteiger partial charge on any atom is -0.313 e. The fourth-order valence-corrected chi connectivity index (χ4v) is 2.16. The molecule has 1 fully saturated rings. The molecule has 2 heterocycles. The average Bonchev–Trinajstić information content (AvgIpc) is 2.71. The molecule has 0 aromatic carbocycles. The largest absolute Gasteiger partial charge is 0.313 e. The molecule has 1 N–H and O–H groups in total. The highest BCUT2D eigenvalue weighted by Crippen LogP contribution is 2.08. The summed E-state index contributed by atoms with van der Waals surface area (Å²) in [5.74, 6) is 0. The number of hydrogen-bond donors (Lipinski definition) is 1. The summed E-state index contributed by atoms with van der Waals surface area (Å²) in [7, 11) is 2.17. The fourth-order valence-electron chi connectivity index (χ4n) is 2.16. The van der Waals surface area contributed by atoms with Crippen molar-refractivity contribution in [3.05, 3.63) is 30.1 Å². The lowest BCUT2D eigenvalue weighted by Gasteiger charge is -2.20. The van der Waals surface area contributed by atoms with Gasteiger partial charge in [0.15, 0.2) is 0 Å². The summed E-state index contributed by atoms with van der Waals surface area (Å²) in [6, 6.07) is 4.81. The second-order valence-electron chi connectivity index (χ2n) is 4.35. The first kappa shape index (κ1) is 10.6. The first-order valence-corrected chi connectivity index (χ1v) is 5.65. The minimum atomic E-state index is 0.687. The Bertz CT molecular complexity index is 280. The highest BCUT2D eigenvalue weighted by atomic mass is 15.1. The lowest BCUT2D eigenvalue weighted by Crippen LogP contribution is -2.34. The summed E-state index contributed by atoms with van der Waals surface area (Å²) in [5.41, 5.74) is 1.29. The van der Waals surface area contributed by atoms with E-state index >= 15 is 0 Å². The van der Waals surface area contributed by atoms with E-state index in [9.17, 15) is 0 Å². The SMILES string of the molecule is CN(Cc1cccnc1)CC1CCCN1. The van der Waals surface area contributed by atoms with Crippen LogP contribution in [0.2, 0.25) is 0 Å². The maximum Gasteiger partial charge on any atom is 0.0312 e. The summed E-state index contributed by atoms with van der Waals surface area (Å²) in [6.45, 7) is 3.31. The van der Waals surface area contributed by atoms with E-state index < -0.39 is 0 Å². The molecule has 1 aliphatic heterocycles. The van der Waals surface area contributed by atoms with Gasteiger partial charge in [0.2, 0.25) is 0 Å². The highest BCUT2D eigenvalue weighted by molar-refractivity contribution is 5.07. The molecular formula is C12H19N3. The van der Waals surface area contributed by atoms with Crippen LogP contribution >= 0.6 is 0 Å². The van der Waals surface area contributed by atoms with E-state index in [4.69, 9.17) is 0 Å². The van der Waals surface area contributed by atoms with Gasteiger partial charge in [0, 0.05) is 31.5 Å². The van der Waals surface area contributed by atoms with E-state index in [1.807, 2.05) is 18.5 Å². The number of likely N-dealkylation sites (N-methyl/N-ethyl adjacent to an activating group) is 1. The van der Waals surface area contributed by atoms with E-state index in [0.717, 1.165) is 13.1 Å². The zero-order valence-corrected chi connectivity index (χ0v) is 9.32. The molecule has 1 aromatic heterocycles. The van der Waals surface area contributed by atoms with Gasteiger partial charge >= 0.3 is 0 Å². The van der Waals surface area contributed by atoms with Crippen LogP contribution in [0, 0.1) is 0 Å². The molecule has 15 heavy (non-hydrogen) atoms. The van der Waals surface area contributed by atoms with Crippen molar-refractivity contribution in [2.45, 2.75) is 25.4 Å². The Balaban J connectivity index is 1.79. The topological polar surface area (TPSA) is 28.2 Å². The van der Waals surface area contributed by atoms with Crippen LogP contribution in [0.15, 0.2) is 24.5 Å². The molecule has 3 nitrogen and oxygen atoms in total. The smallest absolute Gasteiger partial charge is 0.0312 e. The molecule has 0 spiro atoms. The standard InChI is InChI=1S/C12H19N3/c1-15(10-12-5-3-7-14-12)9-11-4-2-6-13-8-11/h2,4,6,8,12,14H,3,5,7,9-10H2,1H3. The molecule has 1 aromatic rings. The van der Waals surface area contributed by atoms with Gasteiger partial charge in [-0.05, 0) is 38.1 Å². The molecular weight excluding hydrogens is 186 g/mol. The van der Waals surface area contributed by atoms with Crippen molar-refractivity contribution in [1.82, 2.24) is 15.2 Å². The second-order valence-corrected chi connectivity index (χ2v) is 4.35. The van der Waals surface area contributed by atoms with Crippen molar-refractivity contribution in [2.24, 2.45) is 0 Å². The van der Waals surface area contributed by atoms with E-state index in [2.05, 4.69) is 28.3 Å². The van der Waals surface area contributed by atoms with Crippen molar-refractivity contribution in [3.8, 4) is 0 Å². The van der Waals surface area contributed by atoms with Crippen LogP contribution in [0.3, 0.4) is 0 Å². The number of nitrogens with one attached hydrogen (secondary N) is 1. The third-order valence-corrected chi connectivity index (χ3v) is 2.87. The third-order valence-electron chi connectivity index (χ3n) is 2.87. The number of rotatable bonds is 4. The molecule has 0 aliphatic carbocycles. The molecule has 0 bridgehead atoms. The molecule has 1 saturated heterocycles. The monoisotopic (exact) mass is 205 g/mol. The summed E-state index contributed by atoms with van der Waals surface area (Å²) < 4.78 is 0. The maximum atomic E-state index is 4.13. The van der Waals surface area contributed by atoms with E-state index in [1.54, 1.807) is 0 Å². The molecule has 0 radical (unpaired) electrons. The van der Waals surface area contributed by atoms with Gasteiger partial charge in [-0.1, -0.05) is 6.07 Å². The van der Waals surface area contributed by atoms with E-state index in [-0.39, 0.29) is 0 Å². The Labute approximate surface area is 91.5 Å². The third kappa shape index (κ3) is 3.29. The van der Waals surface area contributed by atoms with Gasteiger partial charge in [-0.25, -0.2) is 0 Å². The zero-order valence-electron chi connectivity index (χ0n) is 9.32. The Hall–Kier alpha value is -0.930. The van der Waals surface area contributed by atoms with Gasteiger partial charge in [-0.15, -0.1) is 0 Å². The Morgan fingerprint density at radius 1 is 1.60 bits per heavy atom.